The molecule has 0 amide bonds. The van der Waals surface area contributed by atoms with E-state index in [0.717, 1.165) is 29.8 Å². The Hall–Kier alpha value is -1.27. The lowest BCUT2D eigenvalue weighted by Gasteiger charge is -2.34. The summed E-state index contributed by atoms with van der Waals surface area (Å²) >= 11 is 1.71. The maximum Gasteiger partial charge on any atom is 0.269 e. The van der Waals surface area contributed by atoms with Gasteiger partial charge in [0.15, 0.2) is 5.82 Å². The minimum atomic E-state index is -0.366. The van der Waals surface area contributed by atoms with Crippen molar-refractivity contribution in [1.82, 2.24) is 15.1 Å². The molecule has 0 radical (unpaired) electrons. The second-order valence-corrected chi connectivity index (χ2v) is 7.41. The Morgan fingerprint density at radius 1 is 1.19 bits per heavy atom. The van der Waals surface area contributed by atoms with Crippen LogP contribution in [0.1, 0.15) is 67.4 Å². The molecule has 2 fully saturated rings. The molecular weight excluding hydrogens is 284 g/mol. The van der Waals surface area contributed by atoms with Crippen molar-refractivity contribution in [3.8, 4) is 10.8 Å². The average molecular weight is 304 g/mol. The Labute approximate surface area is 128 Å². The fraction of sp³-hybridized carbons (Fsp3) is 0.667. The predicted octanol–water partition coefficient (Wildman–Crippen LogP) is 3.50. The van der Waals surface area contributed by atoms with E-state index in [1.807, 2.05) is 6.92 Å². The van der Waals surface area contributed by atoms with Crippen LogP contribution in [0.15, 0.2) is 4.52 Å². The van der Waals surface area contributed by atoms with Crippen LogP contribution in [0.5, 0.6) is 0 Å². The molecule has 2 heterocycles. The fourth-order valence-corrected chi connectivity index (χ4v) is 4.42. The molecule has 2 aliphatic rings. The third-order valence-corrected chi connectivity index (χ3v) is 6.14. The number of hydrogen-bond donors (Lipinski definition) is 1. The largest absolute Gasteiger partial charge is 0.333 e. The molecule has 4 rings (SSSR count). The lowest BCUT2D eigenvalue weighted by Crippen LogP contribution is -2.44. The molecular formula is C15H20N4OS. The van der Waals surface area contributed by atoms with E-state index in [9.17, 15) is 0 Å². The Morgan fingerprint density at radius 3 is 2.62 bits per heavy atom. The van der Waals surface area contributed by atoms with Gasteiger partial charge in [-0.15, -0.1) is 11.3 Å². The maximum atomic E-state index is 6.26. The zero-order valence-electron chi connectivity index (χ0n) is 12.3. The standard InChI is InChI=1S/C15H20N4OS/c1-9-11(21-13(17-9)10-5-2-3-6-10)12-18-14(19-20-12)15(16)7-4-8-15/h10H,2-8,16H2,1H3. The minimum Gasteiger partial charge on any atom is -0.333 e. The van der Waals surface area contributed by atoms with E-state index in [4.69, 9.17) is 15.2 Å². The molecule has 0 spiro atoms. The third-order valence-electron chi connectivity index (χ3n) is 4.83. The summed E-state index contributed by atoms with van der Waals surface area (Å²) in [5.74, 6) is 1.86. The number of aromatic nitrogens is 3. The van der Waals surface area contributed by atoms with Gasteiger partial charge in [-0.05, 0) is 39.0 Å². The monoisotopic (exact) mass is 304 g/mol. The Kier molecular flexibility index (Phi) is 3.11. The molecule has 2 aromatic rings. The quantitative estimate of drug-likeness (QED) is 0.939. The number of rotatable bonds is 3. The molecule has 2 aliphatic carbocycles. The number of nitrogens with zero attached hydrogens (tertiary/aromatic N) is 3. The maximum absolute atomic E-state index is 6.26. The molecule has 21 heavy (non-hydrogen) atoms. The highest BCUT2D eigenvalue weighted by Crippen LogP contribution is 2.41. The van der Waals surface area contributed by atoms with Gasteiger partial charge >= 0.3 is 0 Å². The van der Waals surface area contributed by atoms with Crippen LogP contribution >= 0.6 is 11.3 Å². The zero-order chi connectivity index (χ0) is 14.4. The first kappa shape index (κ1) is 13.4. The number of aryl methyl sites for hydroxylation is 1. The lowest BCUT2D eigenvalue weighted by atomic mass is 9.77. The topological polar surface area (TPSA) is 77.8 Å². The summed E-state index contributed by atoms with van der Waals surface area (Å²) in [5.41, 5.74) is 6.89. The Bertz CT molecular complexity index is 652. The van der Waals surface area contributed by atoms with Crippen molar-refractivity contribution < 1.29 is 4.52 Å². The van der Waals surface area contributed by atoms with E-state index >= 15 is 0 Å². The first-order valence-corrected chi connectivity index (χ1v) is 8.58. The number of nitrogens with two attached hydrogens (primary N) is 1. The molecule has 0 aliphatic heterocycles. The van der Waals surface area contributed by atoms with E-state index < -0.39 is 0 Å². The van der Waals surface area contributed by atoms with E-state index in [1.165, 1.54) is 30.7 Å². The van der Waals surface area contributed by atoms with Crippen LogP contribution in [0.2, 0.25) is 0 Å². The minimum absolute atomic E-state index is 0.366. The summed E-state index contributed by atoms with van der Waals surface area (Å²) in [6, 6.07) is 0. The van der Waals surface area contributed by atoms with E-state index in [0.29, 0.717) is 17.6 Å². The van der Waals surface area contributed by atoms with Crippen LogP contribution in [0.25, 0.3) is 10.8 Å². The van der Waals surface area contributed by atoms with Gasteiger partial charge in [-0.1, -0.05) is 18.0 Å². The molecule has 6 heteroatoms. The summed E-state index contributed by atoms with van der Waals surface area (Å²) in [4.78, 5) is 10.3. The highest BCUT2D eigenvalue weighted by Gasteiger charge is 2.39. The Morgan fingerprint density at radius 2 is 1.95 bits per heavy atom. The smallest absolute Gasteiger partial charge is 0.269 e. The third kappa shape index (κ3) is 2.21. The van der Waals surface area contributed by atoms with Gasteiger partial charge < -0.3 is 10.3 Å². The van der Waals surface area contributed by atoms with Crippen LogP contribution < -0.4 is 5.73 Å². The normalized spacial score (nSPS) is 21.6. The van der Waals surface area contributed by atoms with Crippen molar-refractivity contribution in [2.24, 2.45) is 5.73 Å². The van der Waals surface area contributed by atoms with Crippen molar-refractivity contribution in [3.63, 3.8) is 0 Å². The van der Waals surface area contributed by atoms with Gasteiger partial charge in [-0.3, -0.25) is 0 Å². The SMILES string of the molecule is Cc1nc(C2CCCC2)sc1-c1nc(C2(N)CCC2)no1. The molecule has 0 bridgehead atoms. The van der Waals surface area contributed by atoms with Gasteiger partial charge in [-0.2, -0.15) is 4.98 Å². The summed E-state index contributed by atoms with van der Waals surface area (Å²) in [7, 11) is 0. The van der Waals surface area contributed by atoms with Crippen LogP contribution in [-0.2, 0) is 5.54 Å². The number of hydrogen-bond acceptors (Lipinski definition) is 6. The van der Waals surface area contributed by atoms with Crippen molar-refractivity contribution in [3.05, 3.63) is 16.5 Å². The summed E-state index contributed by atoms with van der Waals surface area (Å²) in [6.07, 6.45) is 8.19. The second-order valence-electron chi connectivity index (χ2n) is 6.38. The van der Waals surface area contributed by atoms with Gasteiger partial charge in [-0.25, -0.2) is 4.98 Å². The van der Waals surface area contributed by atoms with Gasteiger partial charge in [0.05, 0.1) is 16.2 Å². The second kappa shape index (κ2) is 4.88. The predicted molar refractivity (Wildman–Crippen MR) is 81.1 cm³/mol. The Balaban J connectivity index is 1.64. The first-order valence-electron chi connectivity index (χ1n) is 7.76. The van der Waals surface area contributed by atoms with Gasteiger partial charge in [0, 0.05) is 5.92 Å². The molecule has 2 aromatic heterocycles. The highest BCUT2D eigenvalue weighted by molar-refractivity contribution is 7.15. The lowest BCUT2D eigenvalue weighted by molar-refractivity contribution is 0.229. The molecule has 0 aromatic carbocycles. The summed E-state index contributed by atoms with van der Waals surface area (Å²) in [5, 5.41) is 5.33. The van der Waals surface area contributed by atoms with Crippen molar-refractivity contribution in [2.75, 3.05) is 0 Å². The van der Waals surface area contributed by atoms with E-state index in [-0.39, 0.29) is 5.54 Å². The molecule has 2 saturated carbocycles. The summed E-state index contributed by atoms with van der Waals surface area (Å²) < 4.78 is 5.46. The van der Waals surface area contributed by atoms with E-state index in [2.05, 4.69) is 10.1 Å². The van der Waals surface area contributed by atoms with Crippen LogP contribution in [0.3, 0.4) is 0 Å². The molecule has 112 valence electrons. The number of thiazole rings is 1. The van der Waals surface area contributed by atoms with Gasteiger partial charge in [0.2, 0.25) is 0 Å². The molecule has 5 nitrogen and oxygen atoms in total. The molecule has 2 N–H and O–H groups in total. The average Bonchev–Trinajstić information content (AvgIpc) is 3.15. The molecule has 0 atom stereocenters. The van der Waals surface area contributed by atoms with Gasteiger partial charge in [0.25, 0.3) is 5.89 Å². The van der Waals surface area contributed by atoms with Crippen molar-refractivity contribution >= 4 is 11.3 Å². The zero-order valence-corrected chi connectivity index (χ0v) is 13.1. The van der Waals surface area contributed by atoms with Gasteiger partial charge in [0.1, 0.15) is 4.88 Å². The summed E-state index contributed by atoms with van der Waals surface area (Å²) in [6.45, 7) is 2.02. The molecule has 0 saturated heterocycles. The molecule has 0 unspecified atom stereocenters. The fourth-order valence-electron chi connectivity index (χ4n) is 3.26. The first-order chi connectivity index (χ1) is 10.2. The van der Waals surface area contributed by atoms with Crippen LogP contribution in [0.4, 0.5) is 0 Å². The van der Waals surface area contributed by atoms with Crippen LogP contribution in [-0.4, -0.2) is 15.1 Å². The van der Waals surface area contributed by atoms with E-state index in [1.54, 1.807) is 11.3 Å². The van der Waals surface area contributed by atoms with Crippen molar-refractivity contribution in [2.45, 2.75) is 63.3 Å². The van der Waals surface area contributed by atoms with Crippen LogP contribution in [0, 0.1) is 6.92 Å². The highest BCUT2D eigenvalue weighted by atomic mass is 32.1. The van der Waals surface area contributed by atoms with Crippen molar-refractivity contribution in [1.29, 1.82) is 0 Å².